The number of para-hydroxylation sites is 2. The fraction of sp³-hybridized carbons (Fsp3) is 0.294. The number of hydrogen-bond donors (Lipinski definition) is 1. The molecule has 0 amide bonds. The summed E-state index contributed by atoms with van der Waals surface area (Å²) in [4.78, 5) is 0. The van der Waals surface area contributed by atoms with Crippen molar-refractivity contribution in [2.24, 2.45) is 5.92 Å². The van der Waals surface area contributed by atoms with E-state index >= 15 is 0 Å². The molecule has 2 nitrogen and oxygen atoms in total. The van der Waals surface area contributed by atoms with Crippen LogP contribution in [0.15, 0.2) is 48.5 Å². The van der Waals surface area contributed by atoms with Gasteiger partial charge < -0.3 is 9.88 Å². The van der Waals surface area contributed by atoms with Gasteiger partial charge in [-0.3, -0.25) is 0 Å². The fourth-order valence-corrected chi connectivity index (χ4v) is 3.33. The molecule has 0 bridgehead atoms. The Balaban J connectivity index is 1.94. The fourth-order valence-electron chi connectivity index (χ4n) is 3.33. The molecular formula is C17H18N2. The molecule has 3 aromatic rings. The largest absolute Gasteiger partial charge is 0.340 e. The average Bonchev–Trinajstić information content (AvgIpc) is 3.08. The second kappa shape index (κ2) is 4.39. The molecule has 0 saturated carbocycles. The first-order valence-corrected chi connectivity index (χ1v) is 7.10. The van der Waals surface area contributed by atoms with Gasteiger partial charge in [-0.25, -0.2) is 0 Å². The molecule has 2 heteroatoms. The lowest BCUT2D eigenvalue weighted by atomic mass is 10.1. The Bertz CT molecular complexity index is 667. The molecule has 0 radical (unpaired) electrons. The lowest BCUT2D eigenvalue weighted by Gasteiger charge is -2.12. The molecule has 2 aromatic carbocycles. The van der Waals surface area contributed by atoms with Crippen LogP contribution < -0.4 is 5.32 Å². The summed E-state index contributed by atoms with van der Waals surface area (Å²) in [6, 6.07) is 17.5. The van der Waals surface area contributed by atoms with E-state index in [4.69, 9.17) is 0 Å². The Morgan fingerprint density at radius 3 is 2.16 bits per heavy atom. The third-order valence-corrected chi connectivity index (χ3v) is 4.28. The van der Waals surface area contributed by atoms with E-state index < -0.39 is 0 Å². The van der Waals surface area contributed by atoms with Gasteiger partial charge in [-0.05, 0) is 37.6 Å². The van der Waals surface area contributed by atoms with E-state index in [1.807, 2.05) is 0 Å². The highest BCUT2D eigenvalue weighted by molar-refractivity contribution is 6.07. The summed E-state index contributed by atoms with van der Waals surface area (Å²) in [7, 11) is 0. The van der Waals surface area contributed by atoms with Crippen molar-refractivity contribution >= 4 is 21.8 Å². The van der Waals surface area contributed by atoms with Crippen molar-refractivity contribution in [1.29, 1.82) is 0 Å². The summed E-state index contributed by atoms with van der Waals surface area (Å²) in [6.45, 7) is 3.45. The standard InChI is InChI=1S/C17H18N2/c1-3-7-16-14(5-1)15-6-2-4-8-17(15)19(16)12-13-9-10-18-11-13/h1-8,13,18H,9-12H2. The topological polar surface area (TPSA) is 17.0 Å². The molecule has 0 aliphatic carbocycles. The molecule has 1 N–H and O–H groups in total. The Kier molecular flexibility index (Phi) is 2.56. The van der Waals surface area contributed by atoms with Gasteiger partial charge in [-0.2, -0.15) is 0 Å². The van der Waals surface area contributed by atoms with Gasteiger partial charge in [-0.1, -0.05) is 36.4 Å². The first kappa shape index (κ1) is 11.1. The molecule has 19 heavy (non-hydrogen) atoms. The van der Waals surface area contributed by atoms with Crippen molar-refractivity contribution in [3.8, 4) is 0 Å². The Morgan fingerprint density at radius 1 is 0.947 bits per heavy atom. The molecule has 2 heterocycles. The Hall–Kier alpha value is -1.80. The van der Waals surface area contributed by atoms with Crippen LogP contribution in [0, 0.1) is 5.92 Å². The predicted molar refractivity (Wildman–Crippen MR) is 80.4 cm³/mol. The van der Waals surface area contributed by atoms with Crippen LogP contribution in [-0.2, 0) is 6.54 Å². The second-order valence-electron chi connectivity index (χ2n) is 5.50. The van der Waals surface area contributed by atoms with Crippen molar-refractivity contribution < 1.29 is 0 Å². The van der Waals surface area contributed by atoms with Crippen molar-refractivity contribution in [1.82, 2.24) is 9.88 Å². The maximum absolute atomic E-state index is 3.47. The van der Waals surface area contributed by atoms with Gasteiger partial charge in [0.2, 0.25) is 0 Å². The SMILES string of the molecule is c1ccc2c(c1)c1ccccc1n2CC1CCNC1. The van der Waals surface area contributed by atoms with Gasteiger partial charge in [0.1, 0.15) is 0 Å². The van der Waals surface area contributed by atoms with Crippen molar-refractivity contribution in [2.75, 3.05) is 13.1 Å². The summed E-state index contributed by atoms with van der Waals surface area (Å²) in [5, 5.41) is 6.23. The van der Waals surface area contributed by atoms with E-state index in [0.717, 1.165) is 19.0 Å². The molecule has 1 atom stereocenters. The van der Waals surface area contributed by atoms with E-state index in [1.54, 1.807) is 0 Å². The minimum atomic E-state index is 0.763. The molecule has 96 valence electrons. The van der Waals surface area contributed by atoms with Crippen LogP contribution in [0.2, 0.25) is 0 Å². The van der Waals surface area contributed by atoms with E-state index in [2.05, 4.69) is 58.4 Å². The number of rotatable bonds is 2. The van der Waals surface area contributed by atoms with Crippen LogP contribution in [-0.4, -0.2) is 17.7 Å². The monoisotopic (exact) mass is 250 g/mol. The normalized spacial score (nSPS) is 19.5. The number of nitrogens with one attached hydrogen (secondary N) is 1. The van der Waals surface area contributed by atoms with Crippen LogP contribution in [0.3, 0.4) is 0 Å². The third kappa shape index (κ3) is 1.75. The van der Waals surface area contributed by atoms with E-state index in [9.17, 15) is 0 Å². The highest BCUT2D eigenvalue weighted by Gasteiger charge is 2.17. The Labute approximate surface area is 113 Å². The quantitative estimate of drug-likeness (QED) is 0.737. The zero-order chi connectivity index (χ0) is 12.7. The molecule has 1 aliphatic rings. The number of nitrogens with zero attached hydrogens (tertiary/aromatic N) is 1. The molecule has 1 aliphatic heterocycles. The number of hydrogen-bond acceptors (Lipinski definition) is 1. The van der Waals surface area contributed by atoms with Gasteiger partial charge >= 0.3 is 0 Å². The predicted octanol–water partition coefficient (Wildman–Crippen LogP) is 3.40. The molecule has 1 unspecified atom stereocenters. The molecule has 1 fully saturated rings. The highest BCUT2D eigenvalue weighted by atomic mass is 15.0. The van der Waals surface area contributed by atoms with Crippen LogP contribution >= 0.6 is 0 Å². The second-order valence-corrected chi connectivity index (χ2v) is 5.50. The van der Waals surface area contributed by atoms with Crippen LogP contribution in [0.5, 0.6) is 0 Å². The van der Waals surface area contributed by atoms with Gasteiger partial charge in [0.25, 0.3) is 0 Å². The maximum atomic E-state index is 3.47. The Morgan fingerprint density at radius 2 is 1.58 bits per heavy atom. The third-order valence-electron chi connectivity index (χ3n) is 4.28. The van der Waals surface area contributed by atoms with Gasteiger partial charge in [0.05, 0.1) is 0 Å². The summed E-state index contributed by atoms with van der Waals surface area (Å²) in [6.07, 6.45) is 1.29. The first-order valence-electron chi connectivity index (χ1n) is 7.10. The van der Waals surface area contributed by atoms with Crippen molar-refractivity contribution in [3.63, 3.8) is 0 Å². The van der Waals surface area contributed by atoms with E-state index in [0.29, 0.717) is 0 Å². The minimum Gasteiger partial charge on any atom is -0.340 e. The van der Waals surface area contributed by atoms with E-state index in [1.165, 1.54) is 34.8 Å². The summed E-state index contributed by atoms with van der Waals surface area (Å²) < 4.78 is 2.50. The highest BCUT2D eigenvalue weighted by Crippen LogP contribution is 2.29. The van der Waals surface area contributed by atoms with Crippen LogP contribution in [0.4, 0.5) is 0 Å². The molecule has 0 spiro atoms. The zero-order valence-corrected chi connectivity index (χ0v) is 11.0. The first-order chi connectivity index (χ1) is 9.43. The van der Waals surface area contributed by atoms with Crippen LogP contribution in [0.1, 0.15) is 6.42 Å². The summed E-state index contributed by atoms with van der Waals surface area (Å²) in [5.74, 6) is 0.763. The summed E-state index contributed by atoms with van der Waals surface area (Å²) >= 11 is 0. The molecule has 1 aromatic heterocycles. The number of aromatic nitrogens is 1. The minimum absolute atomic E-state index is 0.763. The van der Waals surface area contributed by atoms with Crippen molar-refractivity contribution in [3.05, 3.63) is 48.5 Å². The van der Waals surface area contributed by atoms with Crippen LogP contribution in [0.25, 0.3) is 21.8 Å². The van der Waals surface area contributed by atoms with Gasteiger partial charge in [0, 0.05) is 28.4 Å². The molecular weight excluding hydrogens is 232 g/mol. The van der Waals surface area contributed by atoms with Gasteiger partial charge in [0.15, 0.2) is 0 Å². The van der Waals surface area contributed by atoms with Crippen molar-refractivity contribution in [2.45, 2.75) is 13.0 Å². The molecule has 4 rings (SSSR count). The lowest BCUT2D eigenvalue weighted by molar-refractivity contribution is 0.499. The number of benzene rings is 2. The number of fused-ring (bicyclic) bond motifs is 3. The summed E-state index contributed by atoms with van der Waals surface area (Å²) in [5.41, 5.74) is 2.74. The maximum Gasteiger partial charge on any atom is 0.0491 e. The lowest BCUT2D eigenvalue weighted by Crippen LogP contribution is -2.14. The molecule has 1 saturated heterocycles. The average molecular weight is 250 g/mol. The smallest absolute Gasteiger partial charge is 0.0491 e. The zero-order valence-electron chi connectivity index (χ0n) is 11.0. The van der Waals surface area contributed by atoms with E-state index in [-0.39, 0.29) is 0 Å². The van der Waals surface area contributed by atoms with Gasteiger partial charge in [-0.15, -0.1) is 0 Å².